The van der Waals surface area contributed by atoms with Crippen LogP contribution in [-0.4, -0.2) is 32.4 Å². The standard InChI is InChI=1S/C18H14BrSe.CHF3O3S/c19-15-11-13-18(14-12-15)20(16-7-3-1-4-8-16)17-9-5-2-6-10-17;2-1(3,4)8(5,6)7/h1-14H;(H,5,6,7)/q+1;/p-1. The van der Waals surface area contributed by atoms with Crippen molar-refractivity contribution in [3.05, 3.63) is 89.4 Å². The predicted octanol–water partition coefficient (Wildman–Crippen LogP) is 3.02. The molecule has 3 aromatic carbocycles. The van der Waals surface area contributed by atoms with Gasteiger partial charge in [-0.25, -0.2) is 8.42 Å². The zero-order valence-electron chi connectivity index (χ0n) is 14.1. The average Bonchev–Trinajstić information content (AvgIpc) is 2.64. The topological polar surface area (TPSA) is 57.2 Å². The van der Waals surface area contributed by atoms with Crippen LogP contribution in [0.5, 0.6) is 0 Å². The Kier molecular flexibility index (Phi) is 7.86. The Morgan fingerprint density at radius 2 is 1.04 bits per heavy atom. The van der Waals surface area contributed by atoms with Crippen LogP contribution in [0, 0.1) is 0 Å². The fourth-order valence-corrected chi connectivity index (χ4v) is 6.73. The summed E-state index contributed by atoms with van der Waals surface area (Å²) < 4.78 is 64.4. The number of alkyl halides is 3. The molecule has 0 aliphatic rings. The first-order valence-electron chi connectivity index (χ1n) is 7.72. The first-order chi connectivity index (χ1) is 13.1. The molecular formula is C19H14BrF3O3SSe. The molecule has 0 amide bonds. The van der Waals surface area contributed by atoms with Gasteiger partial charge in [0.05, 0.1) is 0 Å². The van der Waals surface area contributed by atoms with E-state index in [1.54, 1.807) is 0 Å². The van der Waals surface area contributed by atoms with Crippen LogP contribution in [0.15, 0.2) is 89.4 Å². The molecule has 0 aliphatic carbocycles. The molecule has 0 aliphatic heterocycles. The van der Waals surface area contributed by atoms with Gasteiger partial charge in [-0.05, 0) is 0 Å². The quantitative estimate of drug-likeness (QED) is 0.293. The molecule has 28 heavy (non-hydrogen) atoms. The Labute approximate surface area is 174 Å². The van der Waals surface area contributed by atoms with Gasteiger partial charge >= 0.3 is 138 Å². The van der Waals surface area contributed by atoms with Crippen molar-refractivity contribution in [2.75, 3.05) is 0 Å². The van der Waals surface area contributed by atoms with E-state index in [9.17, 15) is 13.2 Å². The monoisotopic (exact) mass is 538 g/mol. The van der Waals surface area contributed by atoms with Crippen LogP contribution in [0.3, 0.4) is 0 Å². The SMILES string of the molecule is Brc1ccc([Se+](c2ccccc2)c2ccccc2)cc1.O=S(=O)([O-])C(F)(F)F. The van der Waals surface area contributed by atoms with Crippen LogP contribution in [0.2, 0.25) is 0 Å². The molecule has 0 N–H and O–H groups in total. The van der Waals surface area contributed by atoms with Gasteiger partial charge < -0.3 is 4.55 Å². The average molecular weight is 538 g/mol. The van der Waals surface area contributed by atoms with Crippen molar-refractivity contribution in [3.63, 3.8) is 0 Å². The summed E-state index contributed by atoms with van der Waals surface area (Å²) in [5.74, 6) is 0. The largest absolute Gasteiger partial charge is 0.741 e. The normalized spacial score (nSPS) is 11.6. The Bertz CT molecular complexity index is 941. The van der Waals surface area contributed by atoms with Crippen molar-refractivity contribution in [1.82, 2.24) is 0 Å². The molecule has 3 aromatic rings. The van der Waals surface area contributed by atoms with Gasteiger partial charge in [0.25, 0.3) is 0 Å². The van der Waals surface area contributed by atoms with Gasteiger partial charge in [-0.3, -0.25) is 0 Å². The van der Waals surface area contributed by atoms with Crippen molar-refractivity contribution < 1.29 is 26.1 Å². The van der Waals surface area contributed by atoms with Gasteiger partial charge in [-0.2, -0.15) is 13.2 Å². The summed E-state index contributed by atoms with van der Waals surface area (Å²) in [5.41, 5.74) is -5.65. The van der Waals surface area contributed by atoms with E-state index in [2.05, 4.69) is 101 Å². The Balaban J connectivity index is 0.000000300. The third-order valence-corrected chi connectivity index (χ3v) is 9.07. The fourth-order valence-electron chi connectivity index (χ4n) is 2.09. The molecule has 0 saturated heterocycles. The van der Waals surface area contributed by atoms with Gasteiger partial charge in [-0.15, -0.1) is 0 Å². The molecule has 0 atom stereocenters. The molecule has 0 heterocycles. The summed E-state index contributed by atoms with van der Waals surface area (Å²) >= 11 is 2.33. The van der Waals surface area contributed by atoms with E-state index in [1.165, 1.54) is 13.4 Å². The van der Waals surface area contributed by atoms with E-state index in [1.807, 2.05) is 0 Å². The molecule has 3 rings (SSSR count). The van der Waals surface area contributed by atoms with Crippen LogP contribution < -0.4 is 13.4 Å². The van der Waals surface area contributed by atoms with Crippen molar-refractivity contribution in [2.24, 2.45) is 0 Å². The molecule has 148 valence electrons. The third-order valence-electron chi connectivity index (χ3n) is 3.29. The molecule has 0 fully saturated rings. The van der Waals surface area contributed by atoms with Crippen LogP contribution in [0.4, 0.5) is 13.2 Å². The number of benzene rings is 3. The summed E-state index contributed by atoms with van der Waals surface area (Å²) in [4.78, 5) is 0. The Hall–Kier alpha value is -1.64. The van der Waals surface area contributed by atoms with Gasteiger partial charge in [0.2, 0.25) is 0 Å². The minimum Gasteiger partial charge on any atom is -0.741 e. The Morgan fingerprint density at radius 1 is 0.714 bits per heavy atom. The first-order valence-corrected chi connectivity index (χ1v) is 12.5. The van der Waals surface area contributed by atoms with E-state index in [-0.39, 0.29) is 0 Å². The van der Waals surface area contributed by atoms with E-state index in [0.717, 1.165) is 4.47 Å². The van der Waals surface area contributed by atoms with E-state index in [0.29, 0.717) is 0 Å². The number of halogens is 4. The molecule has 0 spiro atoms. The zero-order chi connectivity index (χ0) is 20.8. The predicted molar refractivity (Wildman–Crippen MR) is 107 cm³/mol. The third kappa shape index (κ3) is 6.46. The number of hydrogen-bond donors (Lipinski definition) is 0. The van der Waals surface area contributed by atoms with Crippen molar-refractivity contribution >= 4 is 53.3 Å². The number of rotatable bonds is 3. The summed E-state index contributed by atoms with van der Waals surface area (Å²) in [6.07, 6.45) is 0. The number of hydrogen-bond acceptors (Lipinski definition) is 3. The van der Waals surface area contributed by atoms with Crippen LogP contribution in [0.1, 0.15) is 0 Å². The van der Waals surface area contributed by atoms with Gasteiger partial charge in [0.1, 0.15) is 0 Å². The van der Waals surface area contributed by atoms with Crippen LogP contribution >= 0.6 is 15.9 Å². The second-order valence-electron chi connectivity index (χ2n) is 5.29. The zero-order valence-corrected chi connectivity index (χ0v) is 18.3. The Morgan fingerprint density at radius 3 is 1.36 bits per heavy atom. The second kappa shape index (κ2) is 9.71. The molecule has 0 aromatic heterocycles. The molecule has 0 saturated carbocycles. The smallest absolute Gasteiger partial charge is 0.485 e. The van der Waals surface area contributed by atoms with Crippen molar-refractivity contribution in [1.29, 1.82) is 0 Å². The maximum atomic E-state index is 10.7. The summed E-state index contributed by atoms with van der Waals surface area (Å²) in [6, 6.07) is 30.5. The van der Waals surface area contributed by atoms with Crippen molar-refractivity contribution in [2.45, 2.75) is 5.51 Å². The summed E-state index contributed by atoms with van der Waals surface area (Å²) in [5, 5.41) is 0. The molecule has 0 unspecified atom stereocenters. The van der Waals surface area contributed by atoms with E-state index in [4.69, 9.17) is 13.0 Å². The second-order valence-corrected chi connectivity index (χ2v) is 11.8. The molecule has 0 bridgehead atoms. The fraction of sp³-hybridized carbons (Fsp3) is 0.0526. The summed E-state index contributed by atoms with van der Waals surface area (Å²) in [6.45, 7) is 0. The van der Waals surface area contributed by atoms with Crippen molar-refractivity contribution in [3.8, 4) is 0 Å². The minimum absolute atomic E-state index is 1.13. The maximum absolute atomic E-state index is 10.7. The van der Waals surface area contributed by atoms with Crippen LogP contribution in [0.25, 0.3) is 0 Å². The molecular weight excluding hydrogens is 524 g/mol. The van der Waals surface area contributed by atoms with Crippen LogP contribution in [-0.2, 0) is 10.1 Å². The van der Waals surface area contributed by atoms with Gasteiger partial charge in [-0.1, -0.05) is 0 Å². The maximum Gasteiger partial charge on any atom is 0.485 e. The molecule has 9 heteroatoms. The van der Waals surface area contributed by atoms with Gasteiger partial charge in [0.15, 0.2) is 10.1 Å². The van der Waals surface area contributed by atoms with Gasteiger partial charge in [0, 0.05) is 0 Å². The minimum atomic E-state index is -6.09. The van der Waals surface area contributed by atoms with E-state index < -0.39 is 29.5 Å². The summed E-state index contributed by atoms with van der Waals surface area (Å²) in [7, 11) is -6.09. The molecule has 0 radical (unpaired) electrons. The first kappa shape index (κ1) is 22.6. The molecule has 3 nitrogen and oxygen atoms in total. The van der Waals surface area contributed by atoms with E-state index >= 15 is 0 Å².